The van der Waals surface area contributed by atoms with Gasteiger partial charge in [-0.05, 0) is 6.42 Å². The molecule has 6 N–H and O–H groups in total. The highest BCUT2D eigenvalue weighted by Gasteiger charge is 2.47. The predicted molar refractivity (Wildman–Crippen MR) is 94.1 cm³/mol. The van der Waals surface area contributed by atoms with E-state index in [4.69, 9.17) is 0 Å². The number of nitrogens with one attached hydrogen (secondary N) is 1. The summed E-state index contributed by atoms with van der Waals surface area (Å²) in [4.78, 5) is 0. The molecule has 150 valence electrons. The normalized spacial score (nSPS) is 32.1. The van der Waals surface area contributed by atoms with E-state index in [1.807, 2.05) is 0 Å². The van der Waals surface area contributed by atoms with E-state index in [1.54, 1.807) is 10.9 Å². The Kier molecular flexibility index (Phi) is 8.39. The second-order valence-corrected chi connectivity index (χ2v) is 7.10. The van der Waals surface area contributed by atoms with Crippen LogP contribution in [-0.2, 0) is 13.1 Å². The highest BCUT2D eigenvalue weighted by molar-refractivity contribution is 5.03. The maximum Gasteiger partial charge on any atom is 0.111 e. The summed E-state index contributed by atoms with van der Waals surface area (Å²) in [6.45, 7) is 3.20. The van der Waals surface area contributed by atoms with Gasteiger partial charge in [-0.25, -0.2) is 0 Å². The third-order valence-electron chi connectivity index (χ3n) is 4.98. The van der Waals surface area contributed by atoms with Gasteiger partial charge in [-0.1, -0.05) is 44.2 Å². The van der Waals surface area contributed by atoms with Crippen LogP contribution in [0, 0.1) is 0 Å². The lowest BCUT2D eigenvalue weighted by molar-refractivity contribution is -0.190. The van der Waals surface area contributed by atoms with Crippen LogP contribution in [0.2, 0.25) is 0 Å². The second-order valence-electron chi connectivity index (χ2n) is 7.10. The van der Waals surface area contributed by atoms with E-state index in [1.165, 1.54) is 25.7 Å². The zero-order chi connectivity index (χ0) is 19.1. The van der Waals surface area contributed by atoms with E-state index in [2.05, 4.69) is 22.6 Å². The van der Waals surface area contributed by atoms with Crippen LogP contribution in [0.15, 0.2) is 6.20 Å². The molecular formula is C17H32N4O5. The van der Waals surface area contributed by atoms with Gasteiger partial charge in [0.1, 0.15) is 30.5 Å². The summed E-state index contributed by atoms with van der Waals surface area (Å²) in [6, 6.07) is -0.980. The van der Waals surface area contributed by atoms with Crippen molar-refractivity contribution in [3.05, 3.63) is 11.9 Å². The summed E-state index contributed by atoms with van der Waals surface area (Å²) in [5, 5.41) is 60.0. The van der Waals surface area contributed by atoms with Crippen molar-refractivity contribution in [2.45, 2.75) is 95.1 Å². The fraction of sp³-hybridized carbons (Fsp3) is 0.882. The number of aryl methyl sites for hydroxylation is 1. The Balaban J connectivity index is 1.76. The maximum absolute atomic E-state index is 10.00. The van der Waals surface area contributed by atoms with Gasteiger partial charge in [-0.15, -0.1) is 5.10 Å². The molecule has 1 aliphatic rings. The van der Waals surface area contributed by atoms with Crippen LogP contribution in [0.3, 0.4) is 0 Å². The van der Waals surface area contributed by atoms with E-state index in [0.29, 0.717) is 5.69 Å². The minimum absolute atomic E-state index is 0.213. The number of nitrogens with zero attached hydrogens (tertiary/aromatic N) is 3. The topological polar surface area (TPSA) is 144 Å². The predicted octanol–water partition coefficient (Wildman–Crippen LogP) is -1.09. The first kappa shape index (κ1) is 21.2. The summed E-state index contributed by atoms with van der Waals surface area (Å²) >= 11 is 0. The summed E-state index contributed by atoms with van der Waals surface area (Å²) in [5.74, 6) is 0. The summed E-state index contributed by atoms with van der Waals surface area (Å²) in [5.41, 5.74) is 0.630. The third kappa shape index (κ3) is 5.45. The fourth-order valence-electron chi connectivity index (χ4n) is 3.28. The van der Waals surface area contributed by atoms with Gasteiger partial charge >= 0.3 is 0 Å². The average molecular weight is 372 g/mol. The molecule has 0 aromatic carbocycles. The lowest BCUT2D eigenvalue weighted by Crippen LogP contribution is -2.67. The zero-order valence-electron chi connectivity index (χ0n) is 15.3. The molecule has 9 heteroatoms. The summed E-state index contributed by atoms with van der Waals surface area (Å²) < 4.78 is 1.76. The largest absolute Gasteiger partial charge is 0.389 e. The van der Waals surface area contributed by atoms with E-state index in [-0.39, 0.29) is 6.54 Å². The van der Waals surface area contributed by atoms with Gasteiger partial charge in [0.15, 0.2) is 0 Å². The second kappa shape index (κ2) is 10.3. The molecule has 26 heavy (non-hydrogen) atoms. The van der Waals surface area contributed by atoms with Gasteiger partial charge in [0.25, 0.3) is 0 Å². The molecule has 1 saturated carbocycles. The van der Waals surface area contributed by atoms with Crippen molar-refractivity contribution < 1.29 is 25.5 Å². The van der Waals surface area contributed by atoms with Crippen molar-refractivity contribution in [3.63, 3.8) is 0 Å². The van der Waals surface area contributed by atoms with E-state index in [0.717, 1.165) is 19.4 Å². The van der Waals surface area contributed by atoms with Crippen molar-refractivity contribution in [2.75, 3.05) is 0 Å². The van der Waals surface area contributed by atoms with Crippen LogP contribution < -0.4 is 5.32 Å². The number of rotatable bonds is 10. The molecule has 0 aliphatic heterocycles. The molecule has 0 amide bonds. The highest BCUT2D eigenvalue weighted by atomic mass is 16.4. The number of aliphatic hydroxyl groups is 5. The van der Waals surface area contributed by atoms with Gasteiger partial charge in [-0.3, -0.25) is 4.68 Å². The lowest BCUT2D eigenvalue weighted by Gasteiger charge is -2.42. The zero-order valence-corrected chi connectivity index (χ0v) is 15.3. The quantitative estimate of drug-likeness (QED) is 0.285. The lowest BCUT2D eigenvalue weighted by atomic mass is 9.83. The van der Waals surface area contributed by atoms with Crippen LogP contribution in [0.25, 0.3) is 0 Å². The molecule has 6 atom stereocenters. The molecule has 1 aliphatic carbocycles. The average Bonchev–Trinajstić information content (AvgIpc) is 3.09. The van der Waals surface area contributed by atoms with Crippen LogP contribution in [0.4, 0.5) is 0 Å². The molecule has 0 radical (unpaired) electrons. The van der Waals surface area contributed by atoms with Crippen LogP contribution in [-0.4, -0.2) is 77.1 Å². The van der Waals surface area contributed by atoms with Gasteiger partial charge in [0, 0.05) is 19.3 Å². The Bertz CT molecular complexity index is 513. The maximum atomic E-state index is 10.00. The Morgan fingerprint density at radius 1 is 0.885 bits per heavy atom. The van der Waals surface area contributed by atoms with Gasteiger partial charge in [0.05, 0.1) is 11.7 Å². The Morgan fingerprint density at radius 2 is 1.46 bits per heavy atom. The fourth-order valence-corrected chi connectivity index (χ4v) is 3.28. The number of hydrogen-bond donors (Lipinski definition) is 6. The molecule has 1 aromatic rings. The van der Waals surface area contributed by atoms with Gasteiger partial charge in [0.2, 0.25) is 0 Å². The number of hydrogen-bond acceptors (Lipinski definition) is 8. The third-order valence-corrected chi connectivity index (χ3v) is 4.98. The van der Waals surface area contributed by atoms with Crippen molar-refractivity contribution >= 4 is 0 Å². The first-order chi connectivity index (χ1) is 12.5. The standard InChI is InChI=1S/C17H32N4O5/c1-2-3-4-5-6-7-8-21-10-11(19-20-21)9-18-12-13(22)15(24)17(26)16(25)14(12)23/h10,12-18,22-26H,2-9H2,1H3/t12?,13-,14+,15+,16-,17?. The van der Waals surface area contributed by atoms with Crippen LogP contribution in [0.1, 0.15) is 51.1 Å². The van der Waals surface area contributed by atoms with Gasteiger partial charge < -0.3 is 30.8 Å². The number of aromatic nitrogens is 3. The monoisotopic (exact) mass is 372 g/mol. The molecule has 1 fully saturated rings. The molecule has 0 saturated heterocycles. The van der Waals surface area contributed by atoms with Crippen molar-refractivity contribution in [1.82, 2.24) is 20.3 Å². The van der Waals surface area contributed by atoms with Gasteiger partial charge in [-0.2, -0.15) is 0 Å². The van der Waals surface area contributed by atoms with E-state index >= 15 is 0 Å². The van der Waals surface area contributed by atoms with Crippen LogP contribution in [0.5, 0.6) is 0 Å². The Labute approximate surface area is 153 Å². The molecule has 2 rings (SSSR count). The first-order valence-corrected chi connectivity index (χ1v) is 9.48. The summed E-state index contributed by atoms with van der Waals surface area (Å²) in [6.07, 6.45) is 1.54. The van der Waals surface area contributed by atoms with Crippen molar-refractivity contribution in [2.24, 2.45) is 0 Å². The number of unbranched alkanes of at least 4 members (excludes halogenated alkanes) is 5. The molecule has 2 unspecified atom stereocenters. The minimum atomic E-state index is -1.59. The SMILES string of the molecule is CCCCCCCCn1cc(CNC2[C@@H](O)[C@H](O)C(O)[C@H](O)[C@H]2O)nn1. The summed E-state index contributed by atoms with van der Waals surface area (Å²) in [7, 11) is 0. The highest BCUT2D eigenvalue weighted by Crippen LogP contribution is 2.21. The number of aliphatic hydroxyl groups excluding tert-OH is 5. The Morgan fingerprint density at radius 3 is 2.12 bits per heavy atom. The van der Waals surface area contributed by atoms with E-state index < -0.39 is 36.6 Å². The van der Waals surface area contributed by atoms with Crippen molar-refractivity contribution in [3.8, 4) is 0 Å². The van der Waals surface area contributed by atoms with E-state index in [9.17, 15) is 25.5 Å². The molecule has 0 bridgehead atoms. The Hall–Kier alpha value is -1.10. The molecule has 0 spiro atoms. The minimum Gasteiger partial charge on any atom is -0.389 e. The molecular weight excluding hydrogens is 340 g/mol. The first-order valence-electron chi connectivity index (χ1n) is 9.48. The smallest absolute Gasteiger partial charge is 0.111 e. The van der Waals surface area contributed by atoms with Crippen LogP contribution >= 0.6 is 0 Å². The molecule has 1 aromatic heterocycles. The molecule has 1 heterocycles. The van der Waals surface area contributed by atoms with Crippen molar-refractivity contribution in [1.29, 1.82) is 0 Å². The molecule has 9 nitrogen and oxygen atoms in total.